The summed E-state index contributed by atoms with van der Waals surface area (Å²) < 4.78 is 32.3. The number of piperazine rings is 1. The van der Waals surface area contributed by atoms with Gasteiger partial charge in [0.15, 0.2) is 5.96 Å². The first kappa shape index (κ1) is 25.0. The van der Waals surface area contributed by atoms with Gasteiger partial charge in [0.1, 0.15) is 5.75 Å². The molecule has 8 nitrogen and oxygen atoms in total. The maximum absolute atomic E-state index is 12.2. The van der Waals surface area contributed by atoms with Crippen molar-refractivity contribution in [2.75, 3.05) is 64.1 Å². The summed E-state index contributed by atoms with van der Waals surface area (Å²) in [7, 11) is 0.168. The molecule has 1 heterocycles. The normalized spacial score (nSPS) is 17.9. The minimum atomic E-state index is -3.25. The first-order valence-electron chi connectivity index (χ1n) is 10.3. The Morgan fingerprint density at radius 2 is 1.97 bits per heavy atom. The van der Waals surface area contributed by atoms with Gasteiger partial charge in [-0.25, -0.2) is 13.1 Å². The van der Waals surface area contributed by atoms with Gasteiger partial charge in [0.25, 0.3) is 0 Å². The van der Waals surface area contributed by atoms with Crippen molar-refractivity contribution < 1.29 is 13.2 Å². The second kappa shape index (κ2) is 11.9. The molecule has 1 aliphatic heterocycles. The highest BCUT2D eigenvalue weighted by molar-refractivity contribution is 14.0. The standard InChI is InChI=1S/C20H33N5O3S.HI/c1-21-20(22-9-14-29(26,27)23-16-17-5-3-6-17)25-12-10-24(11-13-25)18-7-4-8-19(15-18)28-2;/h4,7-8,15,17,23H,3,5-6,9-14,16H2,1-2H3,(H,21,22);1H. The lowest BCUT2D eigenvalue weighted by Crippen LogP contribution is -2.53. The van der Waals surface area contributed by atoms with Crippen LogP contribution in [0, 0.1) is 5.92 Å². The van der Waals surface area contributed by atoms with Gasteiger partial charge in [-0.2, -0.15) is 0 Å². The molecule has 30 heavy (non-hydrogen) atoms. The van der Waals surface area contributed by atoms with Crippen LogP contribution in [-0.4, -0.2) is 78.5 Å². The minimum Gasteiger partial charge on any atom is -0.497 e. The average Bonchev–Trinajstić information content (AvgIpc) is 2.70. The fraction of sp³-hybridized carbons (Fsp3) is 0.650. The van der Waals surface area contributed by atoms with Crippen molar-refractivity contribution in [1.82, 2.24) is 14.9 Å². The molecule has 1 aliphatic carbocycles. The second-order valence-electron chi connectivity index (χ2n) is 7.61. The Labute approximate surface area is 197 Å². The van der Waals surface area contributed by atoms with E-state index in [4.69, 9.17) is 4.74 Å². The minimum absolute atomic E-state index is 0. The van der Waals surface area contributed by atoms with Gasteiger partial charge in [-0.15, -0.1) is 24.0 Å². The number of nitrogens with one attached hydrogen (secondary N) is 2. The molecule has 1 aromatic carbocycles. The summed E-state index contributed by atoms with van der Waals surface area (Å²) >= 11 is 0. The van der Waals surface area contributed by atoms with Crippen molar-refractivity contribution in [3.05, 3.63) is 24.3 Å². The summed E-state index contributed by atoms with van der Waals surface area (Å²) in [4.78, 5) is 8.82. The molecule has 0 spiro atoms. The summed E-state index contributed by atoms with van der Waals surface area (Å²) in [6, 6.07) is 8.08. The first-order chi connectivity index (χ1) is 14.0. The number of rotatable bonds is 8. The van der Waals surface area contributed by atoms with E-state index in [1.807, 2.05) is 18.2 Å². The molecular formula is C20H34IN5O3S. The van der Waals surface area contributed by atoms with E-state index in [0.29, 0.717) is 19.0 Å². The predicted octanol–water partition coefficient (Wildman–Crippen LogP) is 1.73. The Bertz CT molecular complexity index is 793. The monoisotopic (exact) mass is 551 g/mol. The zero-order valence-corrected chi connectivity index (χ0v) is 21.0. The van der Waals surface area contributed by atoms with E-state index in [2.05, 4.69) is 30.9 Å². The summed E-state index contributed by atoms with van der Waals surface area (Å²) in [5.74, 6) is 2.19. The van der Waals surface area contributed by atoms with Gasteiger partial charge in [0, 0.05) is 58.1 Å². The molecule has 2 fully saturated rings. The van der Waals surface area contributed by atoms with Crippen LogP contribution in [0.1, 0.15) is 19.3 Å². The quantitative estimate of drug-likeness (QED) is 0.291. The fourth-order valence-electron chi connectivity index (χ4n) is 3.63. The molecule has 0 bridgehead atoms. The molecule has 1 saturated heterocycles. The van der Waals surface area contributed by atoms with Crippen LogP contribution in [0.5, 0.6) is 5.75 Å². The molecule has 3 rings (SSSR count). The van der Waals surface area contributed by atoms with Crippen LogP contribution >= 0.6 is 24.0 Å². The van der Waals surface area contributed by atoms with Gasteiger partial charge in [0.2, 0.25) is 10.0 Å². The summed E-state index contributed by atoms with van der Waals surface area (Å²) in [6.07, 6.45) is 3.49. The second-order valence-corrected chi connectivity index (χ2v) is 9.54. The highest BCUT2D eigenvalue weighted by Gasteiger charge is 2.22. The summed E-state index contributed by atoms with van der Waals surface area (Å²) in [5, 5.41) is 3.20. The maximum Gasteiger partial charge on any atom is 0.213 e. The molecule has 1 saturated carbocycles. The molecule has 0 amide bonds. The van der Waals surface area contributed by atoms with Crippen molar-refractivity contribution in [1.29, 1.82) is 0 Å². The van der Waals surface area contributed by atoms with Gasteiger partial charge in [0.05, 0.1) is 12.9 Å². The van der Waals surface area contributed by atoms with Crippen LogP contribution in [-0.2, 0) is 10.0 Å². The number of nitrogens with zero attached hydrogens (tertiary/aromatic N) is 3. The van der Waals surface area contributed by atoms with Crippen molar-refractivity contribution in [2.45, 2.75) is 19.3 Å². The molecular weight excluding hydrogens is 517 g/mol. The predicted molar refractivity (Wildman–Crippen MR) is 133 cm³/mol. The van der Waals surface area contributed by atoms with Crippen LogP contribution in [0.3, 0.4) is 0 Å². The van der Waals surface area contributed by atoms with Crippen molar-refractivity contribution in [3.63, 3.8) is 0 Å². The number of hydrogen-bond acceptors (Lipinski definition) is 5. The number of ether oxygens (including phenoxy) is 1. The van der Waals surface area contributed by atoms with Gasteiger partial charge in [-0.05, 0) is 30.9 Å². The Morgan fingerprint density at radius 1 is 1.23 bits per heavy atom. The SMILES string of the molecule is CN=C(NCCS(=O)(=O)NCC1CCC1)N1CCN(c2cccc(OC)c2)CC1.I. The Balaban J connectivity index is 0.00000320. The van der Waals surface area contributed by atoms with Crippen LogP contribution < -0.4 is 19.7 Å². The van der Waals surface area contributed by atoms with Gasteiger partial charge in [-0.3, -0.25) is 4.99 Å². The molecule has 2 N–H and O–H groups in total. The number of anilines is 1. The van der Waals surface area contributed by atoms with Crippen molar-refractivity contribution in [3.8, 4) is 5.75 Å². The van der Waals surface area contributed by atoms with E-state index in [1.54, 1.807) is 14.2 Å². The van der Waals surface area contributed by atoms with Gasteiger partial charge >= 0.3 is 0 Å². The van der Waals surface area contributed by atoms with Crippen LogP contribution in [0.25, 0.3) is 0 Å². The highest BCUT2D eigenvalue weighted by Crippen LogP contribution is 2.25. The van der Waals surface area contributed by atoms with E-state index in [1.165, 1.54) is 6.42 Å². The van der Waals surface area contributed by atoms with E-state index >= 15 is 0 Å². The zero-order chi connectivity index (χ0) is 20.7. The highest BCUT2D eigenvalue weighted by atomic mass is 127. The molecule has 1 aromatic rings. The Kier molecular flexibility index (Phi) is 9.95. The number of methoxy groups -OCH3 is 1. The van der Waals surface area contributed by atoms with Gasteiger partial charge in [-0.1, -0.05) is 12.5 Å². The lowest BCUT2D eigenvalue weighted by Gasteiger charge is -2.37. The summed E-state index contributed by atoms with van der Waals surface area (Å²) in [5.41, 5.74) is 1.15. The number of benzene rings is 1. The van der Waals surface area contributed by atoms with E-state index in [-0.39, 0.29) is 29.7 Å². The lowest BCUT2D eigenvalue weighted by molar-refractivity contribution is 0.316. The van der Waals surface area contributed by atoms with Gasteiger partial charge < -0.3 is 19.9 Å². The molecule has 10 heteroatoms. The molecule has 0 aromatic heterocycles. The Morgan fingerprint density at radius 3 is 2.57 bits per heavy atom. The van der Waals surface area contributed by atoms with E-state index < -0.39 is 10.0 Å². The lowest BCUT2D eigenvalue weighted by atomic mass is 9.86. The van der Waals surface area contributed by atoms with E-state index in [0.717, 1.165) is 56.4 Å². The van der Waals surface area contributed by atoms with Crippen LogP contribution in [0.2, 0.25) is 0 Å². The number of sulfonamides is 1. The number of hydrogen-bond donors (Lipinski definition) is 2. The smallest absolute Gasteiger partial charge is 0.213 e. The zero-order valence-electron chi connectivity index (χ0n) is 17.8. The molecule has 0 atom stereocenters. The Hall–Kier alpha value is -1.27. The first-order valence-corrected chi connectivity index (χ1v) is 12.0. The van der Waals surface area contributed by atoms with Crippen molar-refractivity contribution in [2.24, 2.45) is 10.9 Å². The van der Waals surface area contributed by atoms with Crippen LogP contribution in [0.15, 0.2) is 29.3 Å². The number of halogens is 1. The fourth-order valence-corrected chi connectivity index (χ4v) is 4.63. The maximum atomic E-state index is 12.2. The van der Waals surface area contributed by atoms with Crippen LogP contribution in [0.4, 0.5) is 5.69 Å². The number of guanidine groups is 1. The number of aliphatic imine (C=N–C) groups is 1. The third kappa shape index (κ3) is 7.16. The molecule has 0 unspecified atom stereocenters. The largest absolute Gasteiger partial charge is 0.497 e. The summed E-state index contributed by atoms with van der Waals surface area (Å²) in [6.45, 7) is 4.31. The van der Waals surface area contributed by atoms with Crippen molar-refractivity contribution >= 4 is 45.6 Å². The molecule has 0 radical (unpaired) electrons. The average molecular weight is 551 g/mol. The van der Waals surface area contributed by atoms with E-state index in [9.17, 15) is 8.42 Å². The third-order valence-electron chi connectivity index (χ3n) is 5.68. The topological polar surface area (TPSA) is 86.3 Å². The third-order valence-corrected chi connectivity index (χ3v) is 7.03. The molecule has 2 aliphatic rings. The molecule has 170 valence electrons.